The van der Waals surface area contributed by atoms with E-state index >= 15 is 0 Å². The Bertz CT molecular complexity index is 708. The fourth-order valence-corrected chi connectivity index (χ4v) is 2.64. The van der Waals surface area contributed by atoms with Crippen LogP contribution in [-0.4, -0.2) is 57.5 Å². The van der Waals surface area contributed by atoms with Gasteiger partial charge in [0.25, 0.3) is 0 Å². The molecule has 144 valence electrons. The molecule has 1 aliphatic heterocycles. The van der Waals surface area contributed by atoms with Crippen molar-refractivity contribution in [1.29, 1.82) is 0 Å². The van der Waals surface area contributed by atoms with E-state index in [-0.39, 0.29) is 19.0 Å². The van der Waals surface area contributed by atoms with Gasteiger partial charge in [-0.2, -0.15) is 0 Å². The Kier molecular flexibility index (Phi) is 8.33. The standard InChI is InChI=1S/C20H24N2O5/c23-18(15-16-7-4-5-12-21-16)10-9-17-11-14-27-20(26)22(17)13-6-2-1-3-8-19(24)25/h4-5,7,9-10,12,17-18,23H,1,3,8,11,13-15H2,(H,24,25)/t17-,18?/m0/s1. The molecule has 0 saturated carbocycles. The van der Waals surface area contributed by atoms with E-state index in [1.807, 2.05) is 18.2 Å². The Morgan fingerprint density at radius 2 is 2.30 bits per heavy atom. The van der Waals surface area contributed by atoms with Crippen molar-refractivity contribution in [3.05, 3.63) is 42.2 Å². The lowest BCUT2D eigenvalue weighted by Crippen LogP contribution is -2.44. The van der Waals surface area contributed by atoms with Gasteiger partial charge in [-0.25, -0.2) is 4.79 Å². The topological polar surface area (TPSA) is 100.0 Å². The van der Waals surface area contributed by atoms with Gasteiger partial charge in [-0.1, -0.05) is 24.1 Å². The fraction of sp³-hybridized carbons (Fsp3) is 0.450. The molecule has 1 aromatic rings. The lowest BCUT2D eigenvalue weighted by molar-refractivity contribution is -0.137. The van der Waals surface area contributed by atoms with Crippen molar-refractivity contribution >= 4 is 12.1 Å². The number of pyridine rings is 1. The molecule has 2 N–H and O–H groups in total. The molecule has 1 saturated heterocycles. The van der Waals surface area contributed by atoms with Crippen LogP contribution in [-0.2, 0) is 16.0 Å². The molecular weight excluding hydrogens is 348 g/mol. The van der Waals surface area contributed by atoms with Gasteiger partial charge in [-0.05, 0) is 18.6 Å². The number of carbonyl (C=O) groups excluding carboxylic acids is 1. The van der Waals surface area contributed by atoms with Crippen LogP contribution < -0.4 is 0 Å². The van der Waals surface area contributed by atoms with E-state index in [1.54, 1.807) is 18.3 Å². The Morgan fingerprint density at radius 3 is 3.04 bits per heavy atom. The number of carboxylic acid groups (broad SMARTS) is 1. The number of cyclic esters (lactones) is 1. The van der Waals surface area contributed by atoms with Crippen molar-refractivity contribution in [2.45, 2.75) is 44.2 Å². The summed E-state index contributed by atoms with van der Waals surface area (Å²) in [7, 11) is 0. The molecule has 27 heavy (non-hydrogen) atoms. The zero-order chi connectivity index (χ0) is 19.5. The minimum Gasteiger partial charge on any atom is -0.481 e. The van der Waals surface area contributed by atoms with Crippen molar-refractivity contribution in [1.82, 2.24) is 9.88 Å². The molecule has 7 nitrogen and oxygen atoms in total. The maximum atomic E-state index is 12.0. The number of aliphatic hydroxyl groups excluding tert-OH is 1. The van der Waals surface area contributed by atoms with Crippen LogP contribution in [0.4, 0.5) is 4.79 Å². The van der Waals surface area contributed by atoms with Crippen molar-refractivity contribution < 1.29 is 24.5 Å². The molecular formula is C20H24N2O5. The number of carboxylic acids is 1. The Hall–Kier alpha value is -2.85. The zero-order valence-electron chi connectivity index (χ0n) is 15.1. The molecule has 0 aliphatic carbocycles. The van der Waals surface area contributed by atoms with Crippen LogP contribution >= 0.6 is 0 Å². The third-order valence-electron chi connectivity index (χ3n) is 4.04. The Labute approximate surface area is 158 Å². The summed E-state index contributed by atoms with van der Waals surface area (Å²) in [6.07, 6.45) is 6.09. The highest BCUT2D eigenvalue weighted by Gasteiger charge is 2.27. The second-order valence-corrected chi connectivity index (χ2v) is 6.18. The summed E-state index contributed by atoms with van der Waals surface area (Å²) in [6.45, 7) is 0.532. The minimum absolute atomic E-state index is 0.0833. The van der Waals surface area contributed by atoms with Gasteiger partial charge in [-0.3, -0.25) is 14.7 Å². The Morgan fingerprint density at radius 1 is 1.44 bits per heavy atom. The lowest BCUT2D eigenvalue weighted by Gasteiger charge is -2.31. The number of unbranched alkanes of at least 4 members (excludes halogenated alkanes) is 1. The maximum absolute atomic E-state index is 12.0. The number of aromatic nitrogens is 1. The molecule has 1 fully saturated rings. The normalized spacial score (nSPS) is 17.9. The summed E-state index contributed by atoms with van der Waals surface area (Å²) in [5, 5.41) is 18.8. The van der Waals surface area contributed by atoms with Crippen LogP contribution in [0.5, 0.6) is 0 Å². The number of hydrogen-bond acceptors (Lipinski definition) is 5. The third kappa shape index (κ3) is 7.50. The van der Waals surface area contributed by atoms with E-state index < -0.39 is 18.2 Å². The molecule has 2 rings (SSSR count). The molecule has 2 atom stereocenters. The van der Waals surface area contributed by atoms with E-state index in [1.165, 1.54) is 4.90 Å². The van der Waals surface area contributed by atoms with Crippen molar-refractivity contribution in [2.24, 2.45) is 0 Å². The number of amides is 1. The minimum atomic E-state index is -0.842. The number of ether oxygens (including phenoxy) is 1. The average Bonchev–Trinajstić information content (AvgIpc) is 2.65. The molecule has 0 aromatic carbocycles. The monoisotopic (exact) mass is 372 g/mol. The van der Waals surface area contributed by atoms with Gasteiger partial charge in [-0.15, -0.1) is 5.92 Å². The molecule has 2 heterocycles. The van der Waals surface area contributed by atoms with Crippen LogP contribution in [0, 0.1) is 11.8 Å². The number of aliphatic hydroxyl groups is 1. The van der Waals surface area contributed by atoms with Gasteiger partial charge in [0.1, 0.15) is 0 Å². The number of hydrogen-bond donors (Lipinski definition) is 2. The highest BCUT2D eigenvalue weighted by Crippen LogP contribution is 2.15. The van der Waals surface area contributed by atoms with Crippen molar-refractivity contribution in [3.8, 4) is 11.8 Å². The summed E-state index contributed by atoms with van der Waals surface area (Å²) < 4.78 is 5.07. The van der Waals surface area contributed by atoms with E-state index in [0.29, 0.717) is 32.3 Å². The second kappa shape index (κ2) is 11.0. The average molecular weight is 372 g/mol. The number of carbonyl (C=O) groups is 2. The second-order valence-electron chi connectivity index (χ2n) is 6.18. The summed E-state index contributed by atoms with van der Waals surface area (Å²) in [6, 6.07) is 5.34. The van der Waals surface area contributed by atoms with Crippen LogP contribution in [0.3, 0.4) is 0 Å². The van der Waals surface area contributed by atoms with E-state index in [2.05, 4.69) is 16.8 Å². The smallest absolute Gasteiger partial charge is 0.411 e. The predicted octanol–water partition coefficient (Wildman–Crippen LogP) is 2.01. The van der Waals surface area contributed by atoms with E-state index in [9.17, 15) is 14.7 Å². The highest BCUT2D eigenvalue weighted by atomic mass is 16.6. The van der Waals surface area contributed by atoms with E-state index in [0.717, 1.165) is 5.69 Å². The first kappa shape index (κ1) is 20.5. The molecule has 1 aromatic heterocycles. The maximum Gasteiger partial charge on any atom is 0.411 e. The SMILES string of the molecule is O=C(O)CCCC#CCN1C(=O)OCC[C@@H]1C=CC(O)Cc1ccccn1. The first-order valence-corrected chi connectivity index (χ1v) is 8.93. The number of aliphatic carboxylic acids is 1. The highest BCUT2D eigenvalue weighted by molar-refractivity contribution is 5.69. The van der Waals surface area contributed by atoms with Gasteiger partial charge >= 0.3 is 12.1 Å². The number of nitrogens with zero attached hydrogens (tertiary/aromatic N) is 2. The van der Waals surface area contributed by atoms with Crippen molar-refractivity contribution in [2.75, 3.05) is 13.2 Å². The first-order chi connectivity index (χ1) is 13.1. The molecule has 7 heteroatoms. The quantitative estimate of drug-likeness (QED) is 0.411. The summed E-state index contributed by atoms with van der Waals surface area (Å²) in [5.74, 6) is 4.93. The predicted molar refractivity (Wildman–Crippen MR) is 98.8 cm³/mol. The van der Waals surface area contributed by atoms with E-state index in [4.69, 9.17) is 9.84 Å². The molecule has 1 amide bonds. The summed E-state index contributed by atoms with van der Waals surface area (Å²) in [4.78, 5) is 28.2. The molecule has 0 spiro atoms. The molecule has 0 bridgehead atoms. The lowest BCUT2D eigenvalue weighted by atomic mass is 10.1. The van der Waals surface area contributed by atoms with Crippen LogP contribution in [0.25, 0.3) is 0 Å². The van der Waals surface area contributed by atoms with Crippen LogP contribution in [0.2, 0.25) is 0 Å². The van der Waals surface area contributed by atoms with Crippen LogP contribution in [0.1, 0.15) is 31.4 Å². The molecule has 1 aliphatic rings. The zero-order valence-corrected chi connectivity index (χ0v) is 15.1. The summed E-state index contributed by atoms with van der Waals surface area (Å²) >= 11 is 0. The first-order valence-electron chi connectivity index (χ1n) is 8.93. The molecule has 1 unspecified atom stereocenters. The molecule has 0 radical (unpaired) electrons. The van der Waals surface area contributed by atoms with Gasteiger partial charge < -0.3 is 14.9 Å². The fourth-order valence-electron chi connectivity index (χ4n) is 2.64. The largest absolute Gasteiger partial charge is 0.481 e. The van der Waals surface area contributed by atoms with Crippen LogP contribution in [0.15, 0.2) is 36.5 Å². The Balaban J connectivity index is 1.87. The van der Waals surface area contributed by atoms with Gasteiger partial charge in [0, 0.05) is 37.6 Å². The summed E-state index contributed by atoms with van der Waals surface area (Å²) in [5.41, 5.74) is 0.793. The van der Waals surface area contributed by atoms with Gasteiger partial charge in [0.2, 0.25) is 0 Å². The van der Waals surface area contributed by atoms with Gasteiger partial charge in [0.05, 0.1) is 25.3 Å². The number of rotatable bonds is 8. The van der Waals surface area contributed by atoms with Crippen molar-refractivity contribution in [3.63, 3.8) is 0 Å². The third-order valence-corrected chi connectivity index (χ3v) is 4.04. The van der Waals surface area contributed by atoms with Gasteiger partial charge in [0.15, 0.2) is 0 Å².